The first kappa shape index (κ1) is 12.2. The lowest BCUT2D eigenvalue weighted by atomic mass is 10.1. The fourth-order valence-electron chi connectivity index (χ4n) is 1.97. The Morgan fingerprint density at radius 3 is 2.56 bits per heavy atom. The molecule has 0 amide bonds. The number of hydrogen-bond donors (Lipinski definition) is 3. The smallest absolute Gasteiger partial charge is 0.149 e. The van der Waals surface area contributed by atoms with Crippen molar-refractivity contribution in [3.05, 3.63) is 29.2 Å². The molecule has 1 unspecified atom stereocenters. The van der Waals surface area contributed by atoms with Crippen LogP contribution < -0.4 is 16.8 Å². The van der Waals surface area contributed by atoms with Gasteiger partial charge in [-0.3, -0.25) is 0 Å². The van der Waals surface area contributed by atoms with Gasteiger partial charge in [0.05, 0.1) is 17.4 Å². The van der Waals surface area contributed by atoms with Crippen molar-refractivity contribution in [3.63, 3.8) is 0 Å². The fraction of sp³-hybridized carbons (Fsp3) is 0.333. The molecule has 0 saturated heterocycles. The number of aromatic nitrogens is 2. The molecule has 0 aromatic carbocycles. The fourth-order valence-corrected chi connectivity index (χ4v) is 1.97. The molecule has 0 fully saturated rings. The summed E-state index contributed by atoms with van der Waals surface area (Å²) in [7, 11) is 0. The Hall–Kier alpha value is -2.24. The minimum atomic E-state index is 0.0341. The van der Waals surface area contributed by atoms with Crippen LogP contribution in [-0.4, -0.2) is 10.1 Å². The second-order valence-electron chi connectivity index (χ2n) is 4.27. The van der Waals surface area contributed by atoms with E-state index in [9.17, 15) is 0 Å². The molecule has 2 rings (SSSR count). The lowest BCUT2D eigenvalue weighted by Gasteiger charge is -2.15. The monoisotopic (exact) mass is 247 g/mol. The molecule has 0 aliphatic rings. The number of aryl methyl sites for hydroxylation is 2. The molecule has 6 nitrogen and oxygen atoms in total. The third-order valence-electron chi connectivity index (χ3n) is 2.84. The minimum Gasteiger partial charge on any atom is -0.396 e. The van der Waals surface area contributed by atoms with Gasteiger partial charge in [0.2, 0.25) is 0 Å². The Bertz CT molecular complexity index is 544. The summed E-state index contributed by atoms with van der Waals surface area (Å²) in [6.07, 6.45) is 0. The molecule has 0 aliphatic carbocycles. The van der Waals surface area contributed by atoms with E-state index in [2.05, 4.69) is 15.5 Å². The lowest BCUT2D eigenvalue weighted by molar-refractivity contribution is 0.392. The van der Waals surface area contributed by atoms with Crippen LogP contribution in [0.25, 0.3) is 0 Å². The van der Waals surface area contributed by atoms with Crippen LogP contribution in [0.3, 0.4) is 0 Å². The van der Waals surface area contributed by atoms with Crippen molar-refractivity contribution < 1.29 is 4.52 Å². The highest BCUT2D eigenvalue weighted by Gasteiger charge is 2.16. The SMILES string of the molecule is Cc1noc(C)c1C(C)Nc1ccc(N)c(N)n1. The number of nitrogens with two attached hydrogens (primary N) is 2. The second kappa shape index (κ2) is 4.56. The molecule has 0 aliphatic heterocycles. The molecule has 2 aromatic heterocycles. The number of rotatable bonds is 3. The van der Waals surface area contributed by atoms with Crippen LogP contribution in [0.2, 0.25) is 0 Å². The summed E-state index contributed by atoms with van der Waals surface area (Å²) < 4.78 is 5.14. The van der Waals surface area contributed by atoms with Gasteiger partial charge in [-0.05, 0) is 32.9 Å². The van der Waals surface area contributed by atoms with Crippen molar-refractivity contribution in [2.45, 2.75) is 26.8 Å². The first-order valence-electron chi connectivity index (χ1n) is 5.70. The maximum atomic E-state index is 5.67. The third-order valence-corrected chi connectivity index (χ3v) is 2.84. The van der Waals surface area contributed by atoms with Gasteiger partial charge in [-0.15, -0.1) is 0 Å². The van der Waals surface area contributed by atoms with E-state index in [4.69, 9.17) is 16.0 Å². The van der Waals surface area contributed by atoms with Gasteiger partial charge in [-0.25, -0.2) is 4.98 Å². The van der Waals surface area contributed by atoms with E-state index in [0.717, 1.165) is 17.0 Å². The van der Waals surface area contributed by atoms with Gasteiger partial charge in [-0.1, -0.05) is 5.16 Å². The summed E-state index contributed by atoms with van der Waals surface area (Å²) in [5, 5.41) is 7.18. The van der Waals surface area contributed by atoms with Gasteiger partial charge < -0.3 is 21.3 Å². The largest absolute Gasteiger partial charge is 0.396 e. The van der Waals surface area contributed by atoms with Crippen molar-refractivity contribution in [1.29, 1.82) is 0 Å². The van der Waals surface area contributed by atoms with E-state index in [1.165, 1.54) is 0 Å². The number of anilines is 3. The Morgan fingerprint density at radius 1 is 1.28 bits per heavy atom. The molecule has 96 valence electrons. The normalized spacial score (nSPS) is 12.4. The molecule has 0 saturated carbocycles. The van der Waals surface area contributed by atoms with Gasteiger partial charge in [-0.2, -0.15) is 0 Å². The van der Waals surface area contributed by atoms with Gasteiger partial charge in [0.25, 0.3) is 0 Å². The molecule has 2 aromatic rings. The molecule has 1 atom stereocenters. The minimum absolute atomic E-state index is 0.0341. The molecule has 6 heteroatoms. The quantitative estimate of drug-likeness (QED) is 0.766. The average Bonchev–Trinajstić information content (AvgIpc) is 2.64. The maximum absolute atomic E-state index is 5.67. The topological polar surface area (TPSA) is 103 Å². The van der Waals surface area contributed by atoms with E-state index < -0.39 is 0 Å². The summed E-state index contributed by atoms with van der Waals surface area (Å²) in [5.41, 5.74) is 13.7. The number of pyridine rings is 1. The summed E-state index contributed by atoms with van der Waals surface area (Å²) >= 11 is 0. The van der Waals surface area contributed by atoms with Crippen molar-refractivity contribution in [1.82, 2.24) is 10.1 Å². The summed E-state index contributed by atoms with van der Waals surface area (Å²) in [4.78, 5) is 4.17. The lowest BCUT2D eigenvalue weighted by Crippen LogP contribution is -2.10. The molecule has 2 heterocycles. The molecule has 0 bridgehead atoms. The van der Waals surface area contributed by atoms with Crippen LogP contribution in [0, 0.1) is 13.8 Å². The third kappa shape index (κ3) is 2.22. The molecule has 0 spiro atoms. The summed E-state index contributed by atoms with van der Waals surface area (Å²) in [5.74, 6) is 1.80. The number of nitrogens with zero attached hydrogens (tertiary/aromatic N) is 2. The summed E-state index contributed by atoms with van der Waals surface area (Å²) in [6, 6.07) is 3.55. The number of hydrogen-bond acceptors (Lipinski definition) is 6. The van der Waals surface area contributed by atoms with E-state index in [-0.39, 0.29) is 6.04 Å². The molecule has 5 N–H and O–H groups in total. The summed E-state index contributed by atoms with van der Waals surface area (Å²) in [6.45, 7) is 5.81. The second-order valence-corrected chi connectivity index (χ2v) is 4.27. The number of nitrogen functional groups attached to an aromatic ring is 2. The predicted octanol–water partition coefficient (Wildman–Crippen LogP) is 2.02. The zero-order valence-electron chi connectivity index (χ0n) is 10.7. The van der Waals surface area contributed by atoms with Gasteiger partial charge >= 0.3 is 0 Å². The first-order valence-corrected chi connectivity index (χ1v) is 5.70. The Morgan fingerprint density at radius 2 is 2.00 bits per heavy atom. The van der Waals surface area contributed by atoms with Crippen LogP contribution in [-0.2, 0) is 0 Å². The molecular weight excluding hydrogens is 230 g/mol. The van der Waals surface area contributed by atoms with E-state index in [1.54, 1.807) is 12.1 Å². The Labute approximate surface area is 105 Å². The van der Waals surface area contributed by atoms with Crippen molar-refractivity contribution in [3.8, 4) is 0 Å². The van der Waals surface area contributed by atoms with Crippen LogP contribution in [0.5, 0.6) is 0 Å². The predicted molar refractivity (Wildman–Crippen MR) is 71.1 cm³/mol. The maximum Gasteiger partial charge on any atom is 0.149 e. The van der Waals surface area contributed by atoms with Crippen molar-refractivity contribution in [2.24, 2.45) is 0 Å². The van der Waals surface area contributed by atoms with Gasteiger partial charge in [0, 0.05) is 5.56 Å². The van der Waals surface area contributed by atoms with Gasteiger partial charge in [0.1, 0.15) is 17.4 Å². The highest BCUT2D eigenvalue weighted by atomic mass is 16.5. The average molecular weight is 247 g/mol. The van der Waals surface area contributed by atoms with Crippen LogP contribution in [0.4, 0.5) is 17.3 Å². The van der Waals surface area contributed by atoms with Crippen LogP contribution >= 0.6 is 0 Å². The first-order chi connectivity index (χ1) is 8.49. The van der Waals surface area contributed by atoms with Gasteiger partial charge in [0.15, 0.2) is 0 Å². The van der Waals surface area contributed by atoms with Crippen LogP contribution in [0.1, 0.15) is 30.0 Å². The molecule has 0 radical (unpaired) electrons. The van der Waals surface area contributed by atoms with E-state index >= 15 is 0 Å². The van der Waals surface area contributed by atoms with Crippen molar-refractivity contribution in [2.75, 3.05) is 16.8 Å². The van der Waals surface area contributed by atoms with Crippen molar-refractivity contribution >= 4 is 17.3 Å². The Balaban J connectivity index is 2.21. The van der Waals surface area contributed by atoms with E-state index in [0.29, 0.717) is 17.3 Å². The zero-order chi connectivity index (χ0) is 13.3. The molecular formula is C12H17N5O. The Kier molecular flexibility index (Phi) is 3.10. The zero-order valence-corrected chi connectivity index (χ0v) is 10.7. The highest BCUT2D eigenvalue weighted by Crippen LogP contribution is 2.25. The van der Waals surface area contributed by atoms with E-state index in [1.807, 2.05) is 20.8 Å². The molecule has 18 heavy (non-hydrogen) atoms. The highest BCUT2D eigenvalue weighted by molar-refractivity contribution is 5.61. The number of nitrogens with one attached hydrogen (secondary N) is 1. The van der Waals surface area contributed by atoms with Crippen LogP contribution in [0.15, 0.2) is 16.7 Å². The standard InChI is InChI=1S/C12H17N5O/c1-6(11-7(2)17-18-8(11)3)15-10-5-4-9(13)12(14)16-10/h4-6H,13H2,1-3H3,(H3,14,15,16).